The Hall–Kier alpha value is -0.650. The van der Waals surface area contributed by atoms with E-state index in [4.69, 9.17) is 5.11 Å². The first-order valence-corrected chi connectivity index (χ1v) is 5.96. The summed E-state index contributed by atoms with van der Waals surface area (Å²) in [5, 5.41) is 24.7. The molecule has 0 amide bonds. The van der Waals surface area contributed by atoms with Crippen LogP contribution >= 0.6 is 0 Å². The number of aliphatic hydroxyl groups excluding tert-OH is 1. The Morgan fingerprint density at radius 2 is 2.19 bits per heavy atom. The molecule has 2 atom stereocenters. The molecule has 2 aliphatic rings. The number of hydrogen-bond acceptors (Lipinski definition) is 4. The summed E-state index contributed by atoms with van der Waals surface area (Å²) in [7, 11) is 0. The lowest BCUT2D eigenvalue weighted by atomic mass is 9.86. The molecule has 1 aliphatic heterocycles. The summed E-state index contributed by atoms with van der Waals surface area (Å²) in [6.45, 7) is 1.64. The van der Waals surface area contributed by atoms with Gasteiger partial charge in [0.1, 0.15) is 0 Å². The van der Waals surface area contributed by atoms with E-state index in [0.29, 0.717) is 19.0 Å². The van der Waals surface area contributed by atoms with Gasteiger partial charge in [-0.25, -0.2) is 0 Å². The second kappa shape index (κ2) is 4.69. The maximum Gasteiger partial charge on any atom is 0.305 e. The molecule has 16 heavy (non-hydrogen) atoms. The van der Waals surface area contributed by atoms with Crippen LogP contribution < -0.4 is 10.6 Å². The van der Waals surface area contributed by atoms with Crippen LogP contribution in [0.3, 0.4) is 0 Å². The van der Waals surface area contributed by atoms with Crippen LogP contribution in [0, 0.1) is 5.92 Å². The molecule has 1 heterocycles. The molecule has 0 aromatic rings. The Labute approximate surface area is 95.2 Å². The van der Waals surface area contributed by atoms with Gasteiger partial charge in [-0.15, -0.1) is 0 Å². The second-order valence-electron chi connectivity index (χ2n) is 5.08. The third-order valence-electron chi connectivity index (χ3n) is 3.80. The Kier molecular flexibility index (Phi) is 3.47. The van der Waals surface area contributed by atoms with E-state index in [1.54, 1.807) is 0 Å². The number of carbonyl (C=O) groups is 1. The van der Waals surface area contributed by atoms with Gasteiger partial charge in [-0.1, -0.05) is 6.42 Å². The lowest BCUT2D eigenvalue weighted by Crippen LogP contribution is -2.70. The quantitative estimate of drug-likeness (QED) is 0.512. The fourth-order valence-electron chi connectivity index (χ4n) is 2.83. The van der Waals surface area contributed by atoms with E-state index in [-0.39, 0.29) is 24.6 Å². The van der Waals surface area contributed by atoms with Crippen molar-refractivity contribution in [3.8, 4) is 0 Å². The summed E-state index contributed by atoms with van der Waals surface area (Å²) in [5.41, 5.74) is -0.283. The van der Waals surface area contributed by atoms with Gasteiger partial charge < -0.3 is 20.8 Å². The van der Waals surface area contributed by atoms with E-state index in [2.05, 4.69) is 10.6 Å². The van der Waals surface area contributed by atoms with Crippen LogP contribution in [0.4, 0.5) is 0 Å². The van der Waals surface area contributed by atoms with Gasteiger partial charge >= 0.3 is 5.97 Å². The Morgan fingerprint density at radius 3 is 2.69 bits per heavy atom. The largest absolute Gasteiger partial charge is 0.481 e. The molecule has 0 radical (unpaired) electrons. The van der Waals surface area contributed by atoms with Crippen LogP contribution in [-0.4, -0.2) is 47.5 Å². The van der Waals surface area contributed by atoms with Crippen LogP contribution in [0.5, 0.6) is 0 Å². The molecule has 1 saturated heterocycles. The summed E-state index contributed by atoms with van der Waals surface area (Å²) >= 11 is 0. The molecule has 0 spiro atoms. The second-order valence-corrected chi connectivity index (χ2v) is 5.08. The van der Waals surface area contributed by atoms with Crippen molar-refractivity contribution in [2.45, 2.75) is 37.3 Å². The van der Waals surface area contributed by atoms with Gasteiger partial charge in [0.05, 0.1) is 12.0 Å². The molecule has 4 N–H and O–H groups in total. The van der Waals surface area contributed by atoms with Crippen molar-refractivity contribution in [1.29, 1.82) is 0 Å². The third-order valence-corrected chi connectivity index (χ3v) is 3.80. The average molecular weight is 228 g/mol. The molecule has 5 heteroatoms. The number of aliphatic carboxylic acids is 1. The van der Waals surface area contributed by atoms with E-state index >= 15 is 0 Å². The smallest absolute Gasteiger partial charge is 0.305 e. The molecular formula is C11H20N2O3. The first-order chi connectivity index (χ1) is 7.65. The fourth-order valence-corrected chi connectivity index (χ4v) is 2.83. The van der Waals surface area contributed by atoms with Gasteiger partial charge in [-0.3, -0.25) is 4.79 Å². The van der Waals surface area contributed by atoms with Crippen LogP contribution in [0.15, 0.2) is 0 Å². The summed E-state index contributed by atoms with van der Waals surface area (Å²) in [6.07, 6.45) is 3.38. The topological polar surface area (TPSA) is 81.6 Å². The number of carboxylic acid groups (broad SMARTS) is 1. The Morgan fingerprint density at radius 1 is 1.44 bits per heavy atom. The van der Waals surface area contributed by atoms with Gasteiger partial charge in [-0.05, 0) is 18.8 Å². The zero-order chi connectivity index (χ0) is 11.6. The lowest BCUT2D eigenvalue weighted by molar-refractivity contribution is -0.139. The lowest BCUT2D eigenvalue weighted by Gasteiger charge is -2.45. The van der Waals surface area contributed by atoms with Gasteiger partial charge in [0.2, 0.25) is 0 Å². The highest BCUT2D eigenvalue weighted by Gasteiger charge is 2.42. The number of rotatable bonds is 5. The van der Waals surface area contributed by atoms with Crippen molar-refractivity contribution in [1.82, 2.24) is 10.6 Å². The van der Waals surface area contributed by atoms with Crippen LogP contribution in [0.25, 0.3) is 0 Å². The SMILES string of the molecule is O=C(O)CC1(NC2CCCC2CO)CNC1. The minimum Gasteiger partial charge on any atom is -0.481 e. The number of carboxylic acids is 1. The van der Waals surface area contributed by atoms with Crippen molar-refractivity contribution in [3.05, 3.63) is 0 Å². The van der Waals surface area contributed by atoms with Crippen molar-refractivity contribution in [3.63, 3.8) is 0 Å². The highest BCUT2D eigenvalue weighted by Crippen LogP contribution is 2.28. The van der Waals surface area contributed by atoms with Crippen molar-refractivity contribution in [2.75, 3.05) is 19.7 Å². The van der Waals surface area contributed by atoms with Gasteiger partial charge in [0.15, 0.2) is 0 Å². The molecule has 1 saturated carbocycles. The van der Waals surface area contributed by atoms with Crippen molar-refractivity contribution < 1.29 is 15.0 Å². The predicted octanol–water partition coefficient (Wildman–Crippen LogP) is -0.446. The summed E-state index contributed by atoms with van der Waals surface area (Å²) in [4.78, 5) is 10.8. The molecule has 92 valence electrons. The van der Waals surface area contributed by atoms with Gasteiger partial charge in [-0.2, -0.15) is 0 Å². The molecule has 0 aromatic carbocycles. The Bertz CT molecular complexity index is 266. The molecular weight excluding hydrogens is 208 g/mol. The molecule has 1 aliphatic carbocycles. The zero-order valence-electron chi connectivity index (χ0n) is 9.41. The minimum absolute atomic E-state index is 0.161. The highest BCUT2D eigenvalue weighted by molar-refractivity contribution is 5.68. The summed E-state index contributed by atoms with van der Waals surface area (Å²) in [6, 6.07) is 0.284. The predicted molar refractivity (Wildman–Crippen MR) is 59.2 cm³/mol. The fraction of sp³-hybridized carbons (Fsp3) is 0.909. The molecule has 0 aromatic heterocycles. The minimum atomic E-state index is -0.757. The number of aliphatic hydroxyl groups is 1. The van der Waals surface area contributed by atoms with E-state index in [1.807, 2.05) is 0 Å². The third kappa shape index (κ3) is 2.36. The number of hydrogen-bond donors (Lipinski definition) is 4. The van der Waals surface area contributed by atoms with Crippen LogP contribution in [-0.2, 0) is 4.79 Å². The normalized spacial score (nSPS) is 32.3. The van der Waals surface area contributed by atoms with Crippen molar-refractivity contribution in [2.24, 2.45) is 5.92 Å². The zero-order valence-corrected chi connectivity index (χ0v) is 9.41. The maximum atomic E-state index is 10.8. The van der Waals surface area contributed by atoms with E-state index in [0.717, 1.165) is 19.3 Å². The highest BCUT2D eigenvalue weighted by atomic mass is 16.4. The molecule has 2 unspecified atom stereocenters. The summed E-state index contributed by atoms with van der Waals surface area (Å²) in [5.74, 6) is -0.459. The molecule has 2 fully saturated rings. The Balaban J connectivity index is 1.93. The molecule has 2 rings (SSSR count). The number of nitrogens with one attached hydrogen (secondary N) is 2. The van der Waals surface area contributed by atoms with Gasteiger partial charge in [0, 0.05) is 25.7 Å². The van der Waals surface area contributed by atoms with Gasteiger partial charge in [0.25, 0.3) is 0 Å². The molecule has 5 nitrogen and oxygen atoms in total. The first kappa shape index (κ1) is 11.8. The van der Waals surface area contributed by atoms with E-state index in [1.165, 1.54) is 0 Å². The van der Waals surface area contributed by atoms with Crippen LogP contribution in [0.1, 0.15) is 25.7 Å². The monoisotopic (exact) mass is 228 g/mol. The average Bonchev–Trinajstić information content (AvgIpc) is 2.61. The molecule has 0 bridgehead atoms. The maximum absolute atomic E-state index is 10.8. The standard InChI is InChI=1S/C11H20N2O3/c14-5-8-2-1-3-9(8)13-11(4-10(15)16)6-12-7-11/h8-9,12-14H,1-7H2,(H,15,16). The van der Waals surface area contributed by atoms with Crippen LogP contribution in [0.2, 0.25) is 0 Å². The van der Waals surface area contributed by atoms with E-state index in [9.17, 15) is 9.90 Å². The van der Waals surface area contributed by atoms with E-state index < -0.39 is 5.97 Å². The summed E-state index contributed by atoms with van der Waals surface area (Å²) < 4.78 is 0. The first-order valence-electron chi connectivity index (χ1n) is 5.96. The van der Waals surface area contributed by atoms with Crippen molar-refractivity contribution >= 4 is 5.97 Å².